The molecule has 1 N–H and O–H groups in total. The molecule has 0 saturated carbocycles. The molecule has 0 aromatic carbocycles. The Morgan fingerprint density at radius 1 is 1.08 bits per heavy atom. The highest BCUT2D eigenvalue weighted by atomic mass is 16.1. The number of carbonyl (C=O) groups excluding carboxylic acids is 1. The van der Waals surface area contributed by atoms with Crippen LogP contribution < -0.4 is 10.2 Å². The summed E-state index contributed by atoms with van der Waals surface area (Å²) in [5, 5.41) is 7.44. The van der Waals surface area contributed by atoms with Crippen LogP contribution >= 0.6 is 0 Å². The van der Waals surface area contributed by atoms with E-state index in [2.05, 4.69) is 31.3 Å². The molecule has 1 aliphatic heterocycles. The number of rotatable bonds is 6. The third-order valence-corrected chi connectivity index (χ3v) is 7.01. The molecule has 0 unspecified atom stereocenters. The van der Waals surface area contributed by atoms with Gasteiger partial charge in [-0.1, -0.05) is 6.07 Å². The molecular weight excluding hydrogens is 490 g/mol. The fraction of sp³-hybridized carbons (Fsp3) is 0.241. The number of carbonyl (C=O) groups is 1. The van der Waals surface area contributed by atoms with Crippen molar-refractivity contribution in [2.24, 2.45) is 7.05 Å². The summed E-state index contributed by atoms with van der Waals surface area (Å²) in [6.07, 6.45) is 13.5. The van der Waals surface area contributed by atoms with Crippen LogP contribution in [0, 0.1) is 13.8 Å². The first kappa shape index (κ1) is 24.5. The van der Waals surface area contributed by atoms with Crippen molar-refractivity contribution in [2.45, 2.75) is 33.4 Å². The van der Waals surface area contributed by atoms with Gasteiger partial charge in [0.25, 0.3) is 5.91 Å². The second kappa shape index (κ2) is 10.1. The Balaban J connectivity index is 1.12. The summed E-state index contributed by atoms with van der Waals surface area (Å²) in [6, 6.07) is 7.96. The number of amides is 1. The van der Waals surface area contributed by atoms with Gasteiger partial charge < -0.3 is 10.2 Å². The molecule has 10 nitrogen and oxygen atoms in total. The Kier molecular flexibility index (Phi) is 6.36. The van der Waals surface area contributed by atoms with E-state index in [1.165, 1.54) is 5.56 Å². The van der Waals surface area contributed by atoms with Crippen molar-refractivity contribution in [2.75, 3.05) is 11.4 Å². The van der Waals surface area contributed by atoms with Crippen LogP contribution in [-0.4, -0.2) is 46.7 Å². The first-order valence-electron chi connectivity index (χ1n) is 12.9. The van der Waals surface area contributed by atoms with Crippen molar-refractivity contribution in [1.29, 1.82) is 0 Å². The first-order chi connectivity index (χ1) is 18.9. The zero-order valence-corrected chi connectivity index (χ0v) is 22.2. The summed E-state index contributed by atoms with van der Waals surface area (Å²) < 4.78 is 3.66. The van der Waals surface area contributed by atoms with Gasteiger partial charge >= 0.3 is 0 Å². The van der Waals surface area contributed by atoms with Crippen molar-refractivity contribution in [3.8, 4) is 16.9 Å². The Morgan fingerprint density at radius 2 is 1.97 bits per heavy atom. The number of pyridine rings is 3. The predicted molar refractivity (Wildman–Crippen MR) is 147 cm³/mol. The molecule has 0 atom stereocenters. The lowest BCUT2D eigenvalue weighted by molar-refractivity contribution is 0.0950. The van der Waals surface area contributed by atoms with Crippen LogP contribution in [0.1, 0.15) is 38.4 Å². The summed E-state index contributed by atoms with van der Waals surface area (Å²) in [5.74, 6) is 1.50. The van der Waals surface area contributed by atoms with Gasteiger partial charge in [-0.15, -0.1) is 0 Å². The zero-order valence-electron chi connectivity index (χ0n) is 22.2. The molecule has 6 heterocycles. The van der Waals surface area contributed by atoms with E-state index < -0.39 is 0 Å². The van der Waals surface area contributed by atoms with Crippen molar-refractivity contribution < 1.29 is 4.79 Å². The molecule has 0 bridgehead atoms. The maximum atomic E-state index is 12.9. The van der Waals surface area contributed by atoms with Gasteiger partial charge in [0.05, 0.1) is 11.3 Å². The summed E-state index contributed by atoms with van der Waals surface area (Å²) >= 11 is 0. The number of aromatic nitrogens is 7. The largest absolute Gasteiger partial charge is 0.352 e. The van der Waals surface area contributed by atoms with Gasteiger partial charge in [0.1, 0.15) is 18.0 Å². The molecule has 5 aromatic rings. The van der Waals surface area contributed by atoms with E-state index in [-0.39, 0.29) is 5.91 Å². The Bertz CT molecular complexity index is 1640. The summed E-state index contributed by atoms with van der Waals surface area (Å²) in [6.45, 7) is 5.94. The number of hydrogen-bond donors (Lipinski definition) is 1. The summed E-state index contributed by atoms with van der Waals surface area (Å²) in [7, 11) is 1.93. The lowest BCUT2D eigenvalue weighted by atomic mass is 10.0. The predicted octanol–water partition coefficient (Wildman–Crippen LogP) is 3.57. The summed E-state index contributed by atoms with van der Waals surface area (Å²) in [4.78, 5) is 33.0. The fourth-order valence-corrected chi connectivity index (χ4v) is 5.01. The minimum absolute atomic E-state index is 0.166. The van der Waals surface area contributed by atoms with Crippen molar-refractivity contribution in [1.82, 2.24) is 39.6 Å². The molecule has 0 saturated heterocycles. The van der Waals surface area contributed by atoms with E-state index in [9.17, 15) is 4.79 Å². The lowest BCUT2D eigenvalue weighted by Gasteiger charge is -2.30. The highest BCUT2D eigenvalue weighted by Crippen LogP contribution is 2.29. The van der Waals surface area contributed by atoms with Crippen molar-refractivity contribution in [3.63, 3.8) is 0 Å². The lowest BCUT2D eigenvalue weighted by Crippen LogP contribution is -2.32. The molecule has 39 heavy (non-hydrogen) atoms. The number of nitrogens with one attached hydrogen (secondary N) is 1. The molecule has 1 aliphatic rings. The second-order valence-corrected chi connectivity index (χ2v) is 9.84. The normalized spacial score (nSPS) is 12.8. The monoisotopic (exact) mass is 519 g/mol. The van der Waals surface area contributed by atoms with Crippen LogP contribution in [-0.2, 0) is 26.6 Å². The molecule has 6 rings (SSSR count). The Labute approximate surface area is 226 Å². The maximum Gasteiger partial charge on any atom is 0.253 e. The van der Waals surface area contributed by atoms with Gasteiger partial charge in [0.2, 0.25) is 0 Å². The number of hydrogen-bond acceptors (Lipinski definition) is 7. The Morgan fingerprint density at radius 3 is 2.69 bits per heavy atom. The molecule has 0 aliphatic carbocycles. The van der Waals surface area contributed by atoms with Crippen molar-refractivity contribution in [3.05, 3.63) is 101 Å². The molecule has 1 amide bonds. The zero-order chi connectivity index (χ0) is 26.9. The molecule has 5 aromatic heterocycles. The highest BCUT2D eigenvalue weighted by molar-refractivity contribution is 5.94. The van der Waals surface area contributed by atoms with Gasteiger partial charge in [-0.25, -0.2) is 15.0 Å². The van der Waals surface area contributed by atoms with Gasteiger partial charge in [0.15, 0.2) is 0 Å². The number of anilines is 1. The minimum atomic E-state index is -0.166. The van der Waals surface area contributed by atoms with Crippen LogP contribution in [0.15, 0.2) is 67.8 Å². The molecule has 0 spiro atoms. The number of aryl methyl sites for hydroxylation is 3. The van der Waals surface area contributed by atoms with Gasteiger partial charge in [-0.3, -0.25) is 19.0 Å². The molecule has 0 fully saturated rings. The van der Waals surface area contributed by atoms with Gasteiger partial charge in [-0.05, 0) is 48.7 Å². The van der Waals surface area contributed by atoms with E-state index in [1.54, 1.807) is 24.9 Å². The average Bonchev–Trinajstić information content (AvgIpc) is 3.61. The quantitative estimate of drug-likeness (QED) is 0.366. The molecular formula is C29H29N9O. The van der Waals surface area contributed by atoms with Gasteiger partial charge in [0, 0.05) is 87.1 Å². The third-order valence-electron chi connectivity index (χ3n) is 7.01. The van der Waals surface area contributed by atoms with Crippen LogP contribution in [0.2, 0.25) is 0 Å². The van der Waals surface area contributed by atoms with Crippen molar-refractivity contribution >= 4 is 11.7 Å². The standard InChI is InChI=1S/C29H29N9O/c1-19-10-23(29(39)34-13-21-4-5-27(32-12-21)38-9-7-30-18-38)15-33-28(19)37-8-6-26-24(16-37)11-22(14-31-26)25-17-36(3)35-20(25)2/h4-5,7,9-12,14-15,17-18H,6,8,13,16H2,1-3H3,(H,34,39). The topological polar surface area (TPSA) is 107 Å². The van der Waals surface area contributed by atoms with E-state index in [0.717, 1.165) is 64.8 Å². The smallest absolute Gasteiger partial charge is 0.253 e. The highest BCUT2D eigenvalue weighted by Gasteiger charge is 2.22. The SMILES string of the molecule is Cc1cc(C(=O)NCc2ccc(-n3ccnc3)nc2)cnc1N1CCc2ncc(-c3cn(C)nc3C)cc2C1. The van der Waals surface area contributed by atoms with Gasteiger partial charge in [-0.2, -0.15) is 5.10 Å². The van der Waals surface area contributed by atoms with Crippen LogP contribution in [0.3, 0.4) is 0 Å². The summed E-state index contributed by atoms with van der Waals surface area (Å²) in [5.41, 5.74) is 7.88. The number of imidazole rings is 1. The Hall–Kier alpha value is -4.86. The van der Waals surface area contributed by atoms with E-state index in [4.69, 9.17) is 9.97 Å². The van der Waals surface area contributed by atoms with E-state index in [1.807, 2.05) is 66.9 Å². The maximum absolute atomic E-state index is 12.9. The first-order valence-corrected chi connectivity index (χ1v) is 12.9. The molecule has 10 heteroatoms. The second-order valence-electron chi connectivity index (χ2n) is 9.84. The molecule has 196 valence electrons. The van der Waals surface area contributed by atoms with E-state index in [0.29, 0.717) is 12.1 Å². The van der Waals surface area contributed by atoms with Crippen LogP contribution in [0.25, 0.3) is 16.9 Å². The van der Waals surface area contributed by atoms with Crippen LogP contribution in [0.5, 0.6) is 0 Å². The minimum Gasteiger partial charge on any atom is -0.352 e. The number of fused-ring (bicyclic) bond motifs is 1. The number of nitrogens with zero attached hydrogens (tertiary/aromatic N) is 8. The fourth-order valence-electron chi connectivity index (χ4n) is 5.01. The molecule has 0 radical (unpaired) electrons. The third kappa shape index (κ3) is 5.00. The average molecular weight is 520 g/mol. The van der Waals surface area contributed by atoms with Crippen LogP contribution in [0.4, 0.5) is 5.82 Å². The van der Waals surface area contributed by atoms with E-state index >= 15 is 0 Å².